The number of nitrogens with zero attached hydrogens (tertiary/aromatic N) is 1. The van der Waals surface area contributed by atoms with Gasteiger partial charge in [-0.05, 0) is 6.92 Å². The van der Waals surface area contributed by atoms with Crippen LogP contribution in [0.15, 0.2) is 0 Å². The van der Waals surface area contributed by atoms with Crippen LogP contribution >= 0.6 is 0 Å². The molecule has 2 nitrogen and oxygen atoms in total. The van der Waals surface area contributed by atoms with E-state index < -0.39 is 10.3 Å². The number of hydrogen-bond donors (Lipinski definition) is 1. The van der Waals surface area contributed by atoms with E-state index in [0.717, 1.165) is 0 Å². The van der Waals surface area contributed by atoms with Crippen LogP contribution in [0.1, 0.15) is 6.92 Å². The molecule has 0 aliphatic rings. The Morgan fingerprint density at radius 1 is 2.00 bits per heavy atom. The van der Waals surface area contributed by atoms with E-state index in [9.17, 15) is 0 Å². The summed E-state index contributed by atoms with van der Waals surface area (Å²) in [5.41, 5.74) is 0. The topological polar surface area (TPSA) is 47.6 Å². The number of nitrogens with one attached hydrogen (secondary N) is 1. The van der Waals surface area contributed by atoms with E-state index in [0.29, 0.717) is 5.75 Å². The fourth-order valence-corrected chi connectivity index (χ4v) is 0. The summed E-state index contributed by atoms with van der Waals surface area (Å²) in [7, 11) is -1.07. The van der Waals surface area contributed by atoms with Gasteiger partial charge in [-0.1, -0.05) is 0 Å². The van der Waals surface area contributed by atoms with Crippen molar-refractivity contribution < 1.29 is 0 Å². The minimum Gasteiger partial charge on any atom is -0.232 e. The average molecular weight is 90.2 g/mol. The molecule has 0 unspecified atom stereocenters. The molecule has 3 heteroatoms. The van der Waals surface area contributed by atoms with Crippen LogP contribution in [0.5, 0.6) is 0 Å². The Hall–Kier alpha value is -0.270. The molecule has 0 saturated carbocycles. The fraction of sp³-hybridized carbons (Fsp3) is 1.00. The van der Waals surface area contributed by atoms with Crippen LogP contribution < -0.4 is 0 Å². The normalized spacial score (nSPS) is 7.20. The summed E-state index contributed by atoms with van der Waals surface area (Å²) in [6, 6.07) is 0. The first-order valence-corrected chi connectivity index (χ1v) is 2.73. The third-order valence-electron chi connectivity index (χ3n) is 0.273. The predicted molar refractivity (Wildman–Crippen MR) is 22.4 cm³/mol. The zero-order valence-corrected chi connectivity index (χ0v) is 3.88. The minimum absolute atomic E-state index is 0.556. The quantitative estimate of drug-likeness (QED) is 0.471. The second-order valence-corrected chi connectivity index (χ2v) is 1.96. The van der Waals surface area contributed by atoms with Gasteiger partial charge < -0.3 is 0 Å². The molecule has 0 aliphatic heterocycles. The Labute approximate surface area is 33.3 Å². The van der Waals surface area contributed by atoms with Crippen molar-refractivity contribution in [2.24, 2.45) is 0 Å². The van der Waals surface area contributed by atoms with Crippen molar-refractivity contribution in [1.82, 2.24) is 0 Å². The highest BCUT2D eigenvalue weighted by atomic mass is 32.2. The zero-order valence-electron chi connectivity index (χ0n) is 3.06. The molecule has 0 aromatic heterocycles. The van der Waals surface area contributed by atoms with Gasteiger partial charge in [-0.2, -0.15) is 4.61 Å². The highest BCUT2D eigenvalue weighted by molar-refractivity contribution is 7.71. The van der Waals surface area contributed by atoms with Crippen LogP contribution in [-0.2, 0) is 10.3 Å². The molecule has 0 saturated heterocycles. The van der Waals surface area contributed by atoms with Gasteiger partial charge in [0.05, 0.1) is 0 Å². The molecular formula is C2H6N2S. The van der Waals surface area contributed by atoms with Gasteiger partial charge in [0.1, 0.15) is 0 Å². The smallest absolute Gasteiger partial charge is 0.0458 e. The summed E-state index contributed by atoms with van der Waals surface area (Å²) in [6.07, 6.45) is 0. The van der Waals surface area contributed by atoms with Gasteiger partial charge in [-0.15, -0.1) is 0 Å². The third kappa shape index (κ3) is 3.73. The standard InChI is InChI=1S/C2H6N2S/c1-2-5(3)4/h3H,2H2,1H3. The van der Waals surface area contributed by atoms with Crippen molar-refractivity contribution in [2.45, 2.75) is 6.92 Å². The van der Waals surface area contributed by atoms with Gasteiger partial charge >= 0.3 is 0 Å². The van der Waals surface area contributed by atoms with E-state index in [-0.39, 0.29) is 0 Å². The zero-order chi connectivity index (χ0) is 4.28. The summed E-state index contributed by atoms with van der Waals surface area (Å²) in [5.74, 6) is 0.556. The van der Waals surface area contributed by atoms with Crippen LogP contribution in [0.4, 0.5) is 0 Å². The Balaban J connectivity index is 3.39. The minimum atomic E-state index is -1.07. The molecule has 0 radical (unpaired) electrons. The van der Waals surface area contributed by atoms with Crippen molar-refractivity contribution >= 4 is 10.3 Å². The second kappa shape index (κ2) is 2.00. The monoisotopic (exact) mass is 90.0 g/mol. The Morgan fingerprint density at radius 3 is 2.20 bits per heavy atom. The van der Waals surface area contributed by atoms with Gasteiger partial charge in [0.2, 0.25) is 0 Å². The van der Waals surface area contributed by atoms with Crippen LogP contribution in [0.3, 0.4) is 0 Å². The number of rotatable bonds is 0. The van der Waals surface area contributed by atoms with E-state index in [4.69, 9.17) is 9.39 Å². The molecule has 0 bridgehead atoms. The van der Waals surface area contributed by atoms with Crippen molar-refractivity contribution in [3.05, 3.63) is 0 Å². The van der Waals surface area contributed by atoms with Gasteiger partial charge in [0.15, 0.2) is 0 Å². The van der Waals surface area contributed by atoms with Gasteiger partial charge in [0, 0.05) is 16.1 Å². The lowest BCUT2D eigenvalue weighted by Gasteiger charge is -1.58. The van der Waals surface area contributed by atoms with Crippen molar-refractivity contribution in [3.8, 4) is 0 Å². The average Bonchev–Trinajstić information content (AvgIpc) is 1.38. The lowest BCUT2D eigenvalue weighted by atomic mass is 11.0. The molecule has 0 heterocycles. The maximum atomic E-state index is 8.06. The van der Waals surface area contributed by atoms with Gasteiger partial charge in [-0.25, -0.2) is 4.78 Å². The second-order valence-electron chi connectivity index (χ2n) is 0.653. The van der Waals surface area contributed by atoms with Crippen LogP contribution in [-0.4, -0.2) is 5.75 Å². The van der Waals surface area contributed by atoms with Gasteiger partial charge in [0.25, 0.3) is 0 Å². The molecule has 0 amide bonds. The lowest BCUT2D eigenvalue weighted by molar-refractivity contribution is 1.46. The lowest BCUT2D eigenvalue weighted by Crippen LogP contribution is -1.64. The van der Waals surface area contributed by atoms with Gasteiger partial charge in [-0.3, -0.25) is 0 Å². The molecular weight excluding hydrogens is 84.1 g/mol. The fourth-order valence-electron chi connectivity index (χ4n) is 0. The molecule has 0 atom stereocenters. The Morgan fingerprint density at radius 2 is 2.20 bits per heavy atom. The summed E-state index contributed by atoms with van der Waals surface area (Å²) in [5, 5.41) is 0. The maximum Gasteiger partial charge on any atom is 0.0458 e. The maximum absolute atomic E-state index is 8.06. The molecule has 0 fully saturated rings. The molecule has 0 rings (SSSR count). The summed E-state index contributed by atoms with van der Waals surface area (Å²) < 4.78 is 14.5. The number of hydrogen-bond acceptors (Lipinski definition) is 2. The first kappa shape index (κ1) is 4.73. The summed E-state index contributed by atoms with van der Waals surface area (Å²) in [4.78, 5) is 0. The van der Waals surface area contributed by atoms with E-state index >= 15 is 0 Å². The van der Waals surface area contributed by atoms with E-state index in [1.807, 2.05) is 0 Å². The van der Waals surface area contributed by atoms with Crippen LogP contribution in [0.2, 0.25) is 0 Å². The third-order valence-corrected chi connectivity index (χ3v) is 0.820. The summed E-state index contributed by atoms with van der Waals surface area (Å²) in [6.45, 7) is 1.77. The van der Waals surface area contributed by atoms with E-state index in [1.165, 1.54) is 0 Å². The van der Waals surface area contributed by atoms with Crippen molar-refractivity contribution in [1.29, 1.82) is 9.39 Å². The molecule has 1 N–H and O–H groups in total. The first-order valence-electron chi connectivity index (χ1n) is 1.38. The van der Waals surface area contributed by atoms with Crippen LogP contribution in [0.25, 0.3) is 0 Å². The SMILES string of the molecule is CCS(#N)=N. The molecule has 0 aromatic rings. The van der Waals surface area contributed by atoms with Crippen molar-refractivity contribution in [2.75, 3.05) is 5.75 Å². The molecule has 0 aromatic carbocycles. The van der Waals surface area contributed by atoms with E-state index in [2.05, 4.69) is 0 Å². The Bertz CT molecular complexity index is 109. The van der Waals surface area contributed by atoms with E-state index in [1.54, 1.807) is 6.92 Å². The first-order chi connectivity index (χ1) is 2.27. The predicted octanol–water partition coefficient (Wildman–Crippen LogP) is 0.866. The molecule has 0 aliphatic carbocycles. The Kier molecular flexibility index (Phi) is 1.89. The highest BCUT2D eigenvalue weighted by Gasteiger charge is 1.59. The largest absolute Gasteiger partial charge is 0.232 e. The molecule has 0 spiro atoms. The van der Waals surface area contributed by atoms with Crippen molar-refractivity contribution in [3.63, 3.8) is 0 Å². The summed E-state index contributed by atoms with van der Waals surface area (Å²) >= 11 is 0. The molecule has 30 valence electrons. The van der Waals surface area contributed by atoms with Crippen LogP contribution in [0, 0.1) is 9.39 Å². The highest BCUT2D eigenvalue weighted by Crippen LogP contribution is 1.54. The molecule has 5 heavy (non-hydrogen) atoms.